The van der Waals surface area contributed by atoms with Crippen molar-refractivity contribution in [2.75, 3.05) is 26.4 Å². The second-order valence-electron chi connectivity index (χ2n) is 11.4. The minimum atomic E-state index is -3.64. The van der Waals surface area contributed by atoms with E-state index in [0.717, 1.165) is 75.7 Å². The molecule has 244 valence electrons. The highest BCUT2D eigenvalue weighted by Gasteiger charge is 2.15. The van der Waals surface area contributed by atoms with E-state index in [1.165, 1.54) is 51.4 Å². The van der Waals surface area contributed by atoms with Crippen LogP contribution in [0.4, 0.5) is 0 Å². The van der Waals surface area contributed by atoms with Crippen LogP contribution in [-0.4, -0.2) is 43.3 Å². The molecule has 0 atom stereocenters. The van der Waals surface area contributed by atoms with Crippen molar-refractivity contribution in [3.63, 3.8) is 0 Å². The lowest BCUT2D eigenvalue weighted by Crippen LogP contribution is -2.07. The Bertz CT molecular complexity index is 1100. The summed E-state index contributed by atoms with van der Waals surface area (Å²) in [5.74, 6) is 0. The quantitative estimate of drug-likeness (QED) is 0.0751. The predicted molar refractivity (Wildman–Crippen MR) is 173 cm³/mol. The van der Waals surface area contributed by atoms with Crippen LogP contribution in [0.25, 0.3) is 0 Å². The lowest BCUT2D eigenvalue weighted by Gasteiger charge is -2.07. The first-order chi connectivity index (χ1) is 20.7. The number of rotatable bonds is 26. The fourth-order valence-corrected chi connectivity index (χ4v) is 6.60. The van der Waals surface area contributed by atoms with Gasteiger partial charge >= 0.3 is 0 Å². The number of unbranched alkanes of at least 4 members (excludes halogenated alkanes) is 14. The van der Waals surface area contributed by atoms with Gasteiger partial charge in [-0.1, -0.05) is 112 Å². The number of ether oxygens (including phenoxy) is 1. The molecule has 2 rings (SSSR count). The lowest BCUT2D eigenvalue weighted by molar-refractivity contribution is 0.125. The number of hydrogen-bond donors (Lipinski definition) is 0. The third kappa shape index (κ3) is 17.3. The summed E-state index contributed by atoms with van der Waals surface area (Å²) in [5, 5.41) is 0. The van der Waals surface area contributed by atoms with Crippen LogP contribution in [0.5, 0.6) is 0 Å². The van der Waals surface area contributed by atoms with Crippen LogP contribution < -0.4 is 0 Å². The van der Waals surface area contributed by atoms with Gasteiger partial charge in [0.05, 0.1) is 23.0 Å². The molecule has 2 aromatic carbocycles. The van der Waals surface area contributed by atoms with E-state index >= 15 is 0 Å². The minimum absolute atomic E-state index is 0.223. The largest absolute Gasteiger partial charge is 0.381 e. The highest BCUT2D eigenvalue weighted by Crippen LogP contribution is 2.16. The van der Waals surface area contributed by atoms with Gasteiger partial charge in [0.15, 0.2) is 0 Å². The van der Waals surface area contributed by atoms with Gasteiger partial charge in [0.25, 0.3) is 20.2 Å². The van der Waals surface area contributed by atoms with Gasteiger partial charge in [-0.2, -0.15) is 16.8 Å². The second-order valence-corrected chi connectivity index (χ2v) is 14.7. The van der Waals surface area contributed by atoms with E-state index in [-0.39, 0.29) is 23.0 Å². The first-order valence-electron chi connectivity index (χ1n) is 16.2. The van der Waals surface area contributed by atoms with Crippen molar-refractivity contribution in [2.45, 2.75) is 126 Å². The van der Waals surface area contributed by atoms with Crippen LogP contribution >= 0.6 is 0 Å². The molecule has 0 saturated heterocycles. The van der Waals surface area contributed by atoms with Gasteiger partial charge in [-0.3, -0.25) is 8.37 Å². The zero-order valence-corrected chi connectivity index (χ0v) is 28.1. The van der Waals surface area contributed by atoms with Gasteiger partial charge in [-0.15, -0.1) is 0 Å². The molecule has 0 heterocycles. The van der Waals surface area contributed by atoms with Crippen LogP contribution in [0.1, 0.15) is 114 Å². The van der Waals surface area contributed by atoms with E-state index < -0.39 is 20.2 Å². The summed E-state index contributed by atoms with van der Waals surface area (Å²) >= 11 is 0. The summed E-state index contributed by atoms with van der Waals surface area (Å²) in [7, 11) is -7.29. The first kappa shape index (κ1) is 37.4. The zero-order chi connectivity index (χ0) is 31.2. The van der Waals surface area contributed by atoms with Crippen molar-refractivity contribution < 1.29 is 29.9 Å². The standard InChI is InChI=1S/C34H54O7S2/c1-31-19-23-33(24-20-31)42(35,36)40-29-17-13-9-5-3-7-11-15-27-39-28-16-12-8-4-6-10-14-18-30-41-43(37,38)34-25-21-32(2)22-26-34/h19-26H,3-18,27-30H2,1-2H3. The number of hydrogen-bond acceptors (Lipinski definition) is 7. The molecule has 0 amide bonds. The Labute approximate surface area is 262 Å². The summed E-state index contributed by atoms with van der Waals surface area (Å²) in [6.07, 6.45) is 17.5. The maximum Gasteiger partial charge on any atom is 0.296 e. The van der Waals surface area contributed by atoms with Crippen molar-refractivity contribution in [1.82, 2.24) is 0 Å². The Kier molecular flexibility index (Phi) is 19.0. The molecule has 0 aromatic heterocycles. The van der Waals surface area contributed by atoms with E-state index in [9.17, 15) is 16.8 Å². The molecule has 0 saturated carbocycles. The molecule has 9 heteroatoms. The Morgan fingerprint density at radius 3 is 0.953 bits per heavy atom. The van der Waals surface area contributed by atoms with Crippen molar-refractivity contribution in [1.29, 1.82) is 0 Å². The Hall–Kier alpha value is -1.78. The summed E-state index contributed by atoms with van der Waals surface area (Å²) in [6, 6.07) is 13.5. The van der Waals surface area contributed by atoms with Crippen LogP contribution in [-0.2, 0) is 33.3 Å². The lowest BCUT2D eigenvalue weighted by atomic mass is 10.1. The van der Waals surface area contributed by atoms with Crippen molar-refractivity contribution in [2.24, 2.45) is 0 Å². The van der Waals surface area contributed by atoms with Crippen LogP contribution in [0, 0.1) is 13.8 Å². The van der Waals surface area contributed by atoms with Gasteiger partial charge in [0.1, 0.15) is 0 Å². The molecular formula is C34H54O7S2. The molecule has 0 fully saturated rings. The van der Waals surface area contributed by atoms with E-state index in [4.69, 9.17) is 13.1 Å². The highest BCUT2D eigenvalue weighted by molar-refractivity contribution is 7.87. The van der Waals surface area contributed by atoms with E-state index in [1.807, 2.05) is 13.8 Å². The fourth-order valence-electron chi connectivity index (χ4n) is 4.72. The van der Waals surface area contributed by atoms with Crippen molar-refractivity contribution >= 4 is 20.2 Å². The third-order valence-corrected chi connectivity index (χ3v) is 10.1. The maximum atomic E-state index is 12.2. The number of aryl methyl sites for hydroxylation is 2. The fraction of sp³-hybridized carbons (Fsp3) is 0.647. The van der Waals surface area contributed by atoms with Gasteiger partial charge in [0, 0.05) is 13.2 Å². The van der Waals surface area contributed by atoms with Crippen molar-refractivity contribution in [3.05, 3.63) is 59.7 Å². The van der Waals surface area contributed by atoms with Gasteiger partial charge < -0.3 is 4.74 Å². The second kappa shape index (κ2) is 21.8. The average Bonchev–Trinajstić information content (AvgIpc) is 2.98. The smallest absolute Gasteiger partial charge is 0.296 e. The van der Waals surface area contributed by atoms with Crippen LogP contribution in [0.3, 0.4) is 0 Å². The first-order valence-corrected chi connectivity index (χ1v) is 19.0. The van der Waals surface area contributed by atoms with Gasteiger partial charge in [-0.25, -0.2) is 0 Å². The molecule has 0 spiro atoms. The predicted octanol–water partition coefficient (Wildman–Crippen LogP) is 8.67. The molecule has 0 unspecified atom stereocenters. The molecule has 0 bridgehead atoms. The highest BCUT2D eigenvalue weighted by atomic mass is 32.2. The molecule has 0 N–H and O–H groups in total. The van der Waals surface area contributed by atoms with Gasteiger partial charge in [0.2, 0.25) is 0 Å². The molecule has 0 aliphatic heterocycles. The van der Waals surface area contributed by atoms with Crippen LogP contribution in [0.2, 0.25) is 0 Å². The summed E-state index contributed by atoms with van der Waals surface area (Å²) in [4.78, 5) is 0.446. The third-order valence-electron chi connectivity index (χ3n) is 7.46. The summed E-state index contributed by atoms with van der Waals surface area (Å²) < 4.78 is 64.7. The maximum absolute atomic E-state index is 12.2. The topological polar surface area (TPSA) is 96.0 Å². The Morgan fingerprint density at radius 1 is 0.395 bits per heavy atom. The molecule has 2 aromatic rings. The van der Waals surface area contributed by atoms with E-state index in [0.29, 0.717) is 0 Å². The Morgan fingerprint density at radius 2 is 0.651 bits per heavy atom. The molecule has 0 radical (unpaired) electrons. The number of benzene rings is 2. The molecule has 0 aliphatic rings. The van der Waals surface area contributed by atoms with E-state index in [2.05, 4.69) is 0 Å². The monoisotopic (exact) mass is 638 g/mol. The molecular weight excluding hydrogens is 585 g/mol. The van der Waals surface area contributed by atoms with E-state index in [1.54, 1.807) is 48.5 Å². The zero-order valence-electron chi connectivity index (χ0n) is 26.4. The molecule has 7 nitrogen and oxygen atoms in total. The normalized spacial score (nSPS) is 12.1. The summed E-state index contributed by atoms with van der Waals surface area (Å²) in [6.45, 7) is 6.02. The minimum Gasteiger partial charge on any atom is -0.381 e. The SMILES string of the molecule is Cc1ccc(S(=O)(=O)OCCCCCCCCCCOCCCCCCCCCCOS(=O)(=O)c2ccc(C)cc2)cc1. The van der Waals surface area contributed by atoms with Crippen LogP contribution in [0.15, 0.2) is 58.3 Å². The Balaban J connectivity index is 1.27. The molecule has 43 heavy (non-hydrogen) atoms. The average molecular weight is 639 g/mol. The molecule has 0 aliphatic carbocycles. The van der Waals surface area contributed by atoms with Gasteiger partial charge in [-0.05, 0) is 63.8 Å². The van der Waals surface area contributed by atoms with Crippen molar-refractivity contribution in [3.8, 4) is 0 Å². The summed E-state index contributed by atoms with van der Waals surface area (Å²) in [5.41, 5.74) is 2.05.